The van der Waals surface area contributed by atoms with Crippen molar-refractivity contribution in [3.8, 4) is 0 Å². The van der Waals surface area contributed by atoms with E-state index in [9.17, 15) is 13.2 Å². The molecule has 1 aromatic carbocycles. The number of benzene rings is 1. The Kier molecular flexibility index (Phi) is 7.81. The molecule has 33 heavy (non-hydrogen) atoms. The van der Waals surface area contributed by atoms with Gasteiger partial charge in [-0.3, -0.25) is 4.79 Å². The fourth-order valence-corrected chi connectivity index (χ4v) is 5.49. The van der Waals surface area contributed by atoms with Crippen LogP contribution in [0.15, 0.2) is 81.4 Å². The van der Waals surface area contributed by atoms with Crippen LogP contribution in [-0.4, -0.2) is 60.6 Å². The standard InChI is InChI=1S/C23H25N3O5S2/c27-23(25(17-20-7-4-12-31-20)16-19-5-2-1-3-6-19)18-32-22-9-8-21(15-24-22)33(28,29)26-10-13-30-14-11-26/h1-9,12,15H,10-11,13-14,16-18H2. The van der Waals surface area contributed by atoms with Gasteiger partial charge in [0.2, 0.25) is 15.9 Å². The zero-order valence-electron chi connectivity index (χ0n) is 18.0. The predicted octanol–water partition coefficient (Wildman–Crippen LogP) is 3.02. The quantitative estimate of drug-likeness (QED) is 0.428. The van der Waals surface area contributed by atoms with E-state index in [0.29, 0.717) is 50.2 Å². The number of hydrogen-bond acceptors (Lipinski definition) is 7. The summed E-state index contributed by atoms with van der Waals surface area (Å²) < 4.78 is 37.5. The lowest BCUT2D eigenvalue weighted by Gasteiger charge is -2.25. The molecular formula is C23H25N3O5S2. The molecule has 0 aliphatic carbocycles. The summed E-state index contributed by atoms with van der Waals surface area (Å²) in [6.07, 6.45) is 2.94. The van der Waals surface area contributed by atoms with Crippen LogP contribution in [0, 0.1) is 0 Å². The van der Waals surface area contributed by atoms with Crippen LogP contribution >= 0.6 is 11.8 Å². The molecule has 0 bridgehead atoms. The molecule has 1 fully saturated rings. The average molecular weight is 488 g/mol. The van der Waals surface area contributed by atoms with Gasteiger partial charge in [-0.2, -0.15) is 4.31 Å². The van der Waals surface area contributed by atoms with Gasteiger partial charge < -0.3 is 14.1 Å². The molecular weight excluding hydrogens is 462 g/mol. The minimum atomic E-state index is -3.59. The lowest BCUT2D eigenvalue weighted by atomic mass is 10.2. The van der Waals surface area contributed by atoms with E-state index in [0.717, 1.165) is 5.56 Å². The fourth-order valence-electron chi connectivity index (χ4n) is 3.39. The second-order valence-electron chi connectivity index (χ2n) is 7.45. The van der Waals surface area contributed by atoms with Crippen molar-refractivity contribution in [2.75, 3.05) is 32.1 Å². The summed E-state index contributed by atoms with van der Waals surface area (Å²) in [6, 6.07) is 16.6. The van der Waals surface area contributed by atoms with Crippen molar-refractivity contribution < 1.29 is 22.4 Å². The third kappa shape index (κ3) is 6.23. The van der Waals surface area contributed by atoms with E-state index in [1.807, 2.05) is 36.4 Å². The summed E-state index contributed by atoms with van der Waals surface area (Å²) in [6.45, 7) is 2.28. The Labute approximate surface area is 197 Å². The monoisotopic (exact) mass is 487 g/mol. The normalized spacial score (nSPS) is 14.8. The van der Waals surface area contributed by atoms with Gasteiger partial charge in [0.05, 0.1) is 36.8 Å². The van der Waals surface area contributed by atoms with E-state index < -0.39 is 10.0 Å². The number of hydrogen-bond donors (Lipinski definition) is 0. The first-order chi connectivity index (χ1) is 16.0. The van der Waals surface area contributed by atoms with E-state index in [2.05, 4.69) is 4.98 Å². The highest BCUT2D eigenvalue weighted by molar-refractivity contribution is 7.99. The van der Waals surface area contributed by atoms with Gasteiger partial charge >= 0.3 is 0 Å². The Balaban J connectivity index is 1.39. The molecule has 0 N–H and O–H groups in total. The summed E-state index contributed by atoms with van der Waals surface area (Å²) in [5.41, 5.74) is 1.03. The summed E-state index contributed by atoms with van der Waals surface area (Å²) >= 11 is 1.27. The van der Waals surface area contributed by atoms with Crippen molar-refractivity contribution in [3.05, 3.63) is 78.4 Å². The molecule has 174 valence electrons. The van der Waals surface area contributed by atoms with Crippen LogP contribution in [0.4, 0.5) is 0 Å². The maximum atomic E-state index is 13.0. The van der Waals surface area contributed by atoms with E-state index >= 15 is 0 Å². The van der Waals surface area contributed by atoms with Crippen LogP contribution < -0.4 is 0 Å². The fraction of sp³-hybridized carbons (Fsp3) is 0.304. The van der Waals surface area contributed by atoms with Crippen molar-refractivity contribution in [2.45, 2.75) is 23.0 Å². The van der Waals surface area contributed by atoms with Crippen LogP contribution in [0.2, 0.25) is 0 Å². The molecule has 1 aliphatic rings. The highest BCUT2D eigenvalue weighted by atomic mass is 32.2. The first-order valence-corrected chi connectivity index (χ1v) is 13.0. The maximum Gasteiger partial charge on any atom is 0.244 e. The number of nitrogens with zero attached hydrogens (tertiary/aromatic N) is 3. The van der Waals surface area contributed by atoms with Gasteiger partial charge in [-0.1, -0.05) is 42.1 Å². The van der Waals surface area contributed by atoms with Crippen molar-refractivity contribution >= 4 is 27.7 Å². The zero-order chi connectivity index (χ0) is 23.1. The number of carbonyl (C=O) groups excluding carboxylic acids is 1. The molecule has 0 saturated carbocycles. The number of furan rings is 1. The molecule has 8 nitrogen and oxygen atoms in total. The topological polar surface area (TPSA) is 93.0 Å². The molecule has 10 heteroatoms. The van der Waals surface area contributed by atoms with Crippen molar-refractivity contribution in [1.82, 2.24) is 14.2 Å². The summed E-state index contributed by atoms with van der Waals surface area (Å²) in [5.74, 6) is 0.822. The molecule has 0 unspecified atom stereocenters. The van der Waals surface area contributed by atoms with Crippen molar-refractivity contribution in [1.29, 1.82) is 0 Å². The number of aromatic nitrogens is 1. The Bertz CT molecular complexity index is 1130. The van der Waals surface area contributed by atoms with Crippen LogP contribution in [0.1, 0.15) is 11.3 Å². The van der Waals surface area contributed by atoms with Gasteiger partial charge in [-0.25, -0.2) is 13.4 Å². The lowest BCUT2D eigenvalue weighted by Crippen LogP contribution is -2.40. The van der Waals surface area contributed by atoms with E-state index in [1.54, 1.807) is 23.3 Å². The number of pyridine rings is 1. The molecule has 1 amide bonds. The number of amides is 1. The molecule has 0 radical (unpaired) electrons. The second kappa shape index (κ2) is 11.0. The average Bonchev–Trinajstić information content (AvgIpc) is 3.37. The molecule has 4 rings (SSSR count). The SMILES string of the molecule is O=C(CSc1ccc(S(=O)(=O)N2CCOCC2)cn1)N(Cc1ccccc1)Cc1ccco1. The Hall–Kier alpha value is -2.66. The lowest BCUT2D eigenvalue weighted by molar-refractivity contribution is -0.129. The van der Waals surface area contributed by atoms with Crippen molar-refractivity contribution in [2.24, 2.45) is 0 Å². The predicted molar refractivity (Wildman–Crippen MR) is 124 cm³/mol. The Morgan fingerprint density at radius 1 is 1.03 bits per heavy atom. The van der Waals surface area contributed by atoms with Crippen LogP contribution in [0.25, 0.3) is 0 Å². The first-order valence-electron chi connectivity index (χ1n) is 10.5. The number of carbonyl (C=O) groups is 1. The number of ether oxygens (including phenoxy) is 1. The summed E-state index contributed by atoms with van der Waals surface area (Å²) in [4.78, 5) is 19.1. The number of sulfonamides is 1. The zero-order valence-corrected chi connectivity index (χ0v) is 19.6. The Morgan fingerprint density at radius 3 is 2.48 bits per heavy atom. The smallest absolute Gasteiger partial charge is 0.244 e. The van der Waals surface area contributed by atoms with Crippen LogP contribution in [0.3, 0.4) is 0 Å². The van der Waals surface area contributed by atoms with E-state index in [4.69, 9.17) is 9.15 Å². The molecule has 2 aromatic heterocycles. The highest BCUT2D eigenvalue weighted by Crippen LogP contribution is 2.21. The number of morpholine rings is 1. The minimum absolute atomic E-state index is 0.0629. The van der Waals surface area contributed by atoms with Gasteiger partial charge in [0, 0.05) is 25.8 Å². The van der Waals surface area contributed by atoms with Gasteiger partial charge in [-0.15, -0.1) is 0 Å². The van der Waals surface area contributed by atoms with E-state index in [1.165, 1.54) is 28.3 Å². The Morgan fingerprint density at radius 2 is 1.82 bits per heavy atom. The highest BCUT2D eigenvalue weighted by Gasteiger charge is 2.26. The van der Waals surface area contributed by atoms with E-state index in [-0.39, 0.29) is 16.6 Å². The third-order valence-electron chi connectivity index (χ3n) is 5.16. The maximum absolute atomic E-state index is 13.0. The molecule has 1 aliphatic heterocycles. The number of rotatable bonds is 9. The summed E-state index contributed by atoms with van der Waals surface area (Å²) in [5, 5.41) is 0.585. The van der Waals surface area contributed by atoms with Gasteiger partial charge in [0.15, 0.2) is 0 Å². The molecule has 3 aromatic rings. The third-order valence-corrected chi connectivity index (χ3v) is 7.97. The largest absolute Gasteiger partial charge is 0.467 e. The molecule has 0 spiro atoms. The molecule has 1 saturated heterocycles. The van der Waals surface area contributed by atoms with Gasteiger partial charge in [-0.05, 0) is 29.8 Å². The molecule has 3 heterocycles. The second-order valence-corrected chi connectivity index (χ2v) is 10.4. The first kappa shape index (κ1) is 23.5. The summed E-state index contributed by atoms with van der Waals surface area (Å²) in [7, 11) is -3.59. The number of thioether (sulfide) groups is 1. The van der Waals surface area contributed by atoms with Crippen LogP contribution in [0.5, 0.6) is 0 Å². The van der Waals surface area contributed by atoms with Gasteiger partial charge in [0.25, 0.3) is 0 Å². The minimum Gasteiger partial charge on any atom is -0.467 e. The van der Waals surface area contributed by atoms with Crippen molar-refractivity contribution in [3.63, 3.8) is 0 Å². The van der Waals surface area contributed by atoms with Gasteiger partial charge in [0.1, 0.15) is 10.7 Å². The van der Waals surface area contributed by atoms with Crippen LogP contribution in [-0.2, 0) is 32.6 Å². The molecule has 0 atom stereocenters.